The zero-order valence-electron chi connectivity index (χ0n) is 11.7. The van der Waals surface area contributed by atoms with Crippen LogP contribution in [-0.2, 0) is 6.54 Å². The Balaban J connectivity index is 2.12. The van der Waals surface area contributed by atoms with Gasteiger partial charge < -0.3 is 10.4 Å². The summed E-state index contributed by atoms with van der Waals surface area (Å²) in [5.74, 6) is 0. The second-order valence-corrected chi connectivity index (χ2v) is 7.07. The van der Waals surface area contributed by atoms with Crippen LogP contribution in [0.5, 0.6) is 0 Å². The quantitative estimate of drug-likeness (QED) is 0.900. The third-order valence-electron chi connectivity index (χ3n) is 3.51. The minimum atomic E-state index is -0.935. The Kier molecular flexibility index (Phi) is 3.69. The van der Waals surface area contributed by atoms with Gasteiger partial charge in [0, 0.05) is 23.7 Å². The van der Waals surface area contributed by atoms with Crippen LogP contribution in [0.3, 0.4) is 0 Å². The zero-order valence-corrected chi connectivity index (χ0v) is 12.5. The topological polar surface area (TPSA) is 54.3 Å². The molecule has 2 aromatic heterocycles. The molecule has 0 saturated carbocycles. The smallest absolute Gasteiger partial charge is 0.416 e. The summed E-state index contributed by atoms with van der Waals surface area (Å²) in [6.07, 6.45) is 0.661. The van der Waals surface area contributed by atoms with E-state index in [-0.39, 0.29) is 5.41 Å². The molecule has 5 heteroatoms. The Hall–Kier alpha value is -1.33. The van der Waals surface area contributed by atoms with Gasteiger partial charge in [0.2, 0.25) is 0 Å². The van der Waals surface area contributed by atoms with Crippen LogP contribution < -0.4 is 5.32 Å². The maximum Gasteiger partial charge on any atom is 0.416 e. The fourth-order valence-corrected chi connectivity index (χ4v) is 2.79. The van der Waals surface area contributed by atoms with Crippen LogP contribution in [0.4, 0.5) is 4.79 Å². The summed E-state index contributed by atoms with van der Waals surface area (Å²) in [6, 6.07) is 4.21. The molecule has 2 heterocycles. The fourth-order valence-electron chi connectivity index (χ4n) is 1.79. The number of carboxylic acid groups (broad SMARTS) is 1. The van der Waals surface area contributed by atoms with E-state index >= 15 is 0 Å². The van der Waals surface area contributed by atoms with Gasteiger partial charge in [-0.2, -0.15) is 0 Å². The molecule has 4 nitrogen and oxygen atoms in total. The van der Waals surface area contributed by atoms with E-state index in [1.54, 1.807) is 17.5 Å². The standard InChI is InChI=1S/C14H20N2O2S/c1-9(14(2,3)4)15-8-10-7-11-12(19-10)5-6-16(11)13(17)18/h5-7,9,15H,8H2,1-4H3,(H,17,18). The molecule has 1 unspecified atom stereocenters. The molecule has 0 aliphatic rings. The van der Waals surface area contributed by atoms with Crippen molar-refractivity contribution >= 4 is 27.6 Å². The van der Waals surface area contributed by atoms with E-state index < -0.39 is 6.09 Å². The minimum Gasteiger partial charge on any atom is -0.464 e. The van der Waals surface area contributed by atoms with Gasteiger partial charge in [0.15, 0.2) is 0 Å². The highest BCUT2D eigenvalue weighted by atomic mass is 32.1. The van der Waals surface area contributed by atoms with Gasteiger partial charge in [-0.25, -0.2) is 4.79 Å². The van der Waals surface area contributed by atoms with Crippen molar-refractivity contribution in [1.82, 2.24) is 9.88 Å². The van der Waals surface area contributed by atoms with Crippen LogP contribution in [0, 0.1) is 5.41 Å². The fraction of sp³-hybridized carbons (Fsp3) is 0.500. The van der Waals surface area contributed by atoms with E-state index in [2.05, 4.69) is 33.0 Å². The van der Waals surface area contributed by atoms with Crippen molar-refractivity contribution in [2.24, 2.45) is 5.41 Å². The van der Waals surface area contributed by atoms with Crippen molar-refractivity contribution in [2.45, 2.75) is 40.3 Å². The molecule has 0 aromatic carbocycles. The van der Waals surface area contributed by atoms with E-state index in [1.807, 2.05) is 12.1 Å². The molecule has 0 aliphatic heterocycles. The molecule has 104 valence electrons. The van der Waals surface area contributed by atoms with Crippen LogP contribution in [0.25, 0.3) is 10.2 Å². The highest BCUT2D eigenvalue weighted by molar-refractivity contribution is 7.19. The molecule has 2 N–H and O–H groups in total. The summed E-state index contributed by atoms with van der Waals surface area (Å²) in [5, 5.41) is 12.5. The Bertz CT molecular complexity index is 592. The van der Waals surface area contributed by atoms with Gasteiger partial charge in [-0.1, -0.05) is 20.8 Å². The van der Waals surface area contributed by atoms with Crippen LogP contribution >= 0.6 is 11.3 Å². The number of nitrogens with one attached hydrogen (secondary N) is 1. The molecule has 2 rings (SSSR count). The average Bonchev–Trinajstić information content (AvgIpc) is 2.82. The Morgan fingerprint density at radius 2 is 2.21 bits per heavy atom. The van der Waals surface area contributed by atoms with Crippen molar-refractivity contribution in [1.29, 1.82) is 0 Å². The normalized spacial score (nSPS) is 13.9. The number of aromatic nitrogens is 1. The molecule has 0 radical (unpaired) electrons. The number of fused-ring (bicyclic) bond motifs is 1. The molecule has 2 aromatic rings. The van der Waals surface area contributed by atoms with E-state index in [0.29, 0.717) is 6.04 Å². The highest BCUT2D eigenvalue weighted by Crippen LogP contribution is 2.27. The largest absolute Gasteiger partial charge is 0.464 e. The third-order valence-corrected chi connectivity index (χ3v) is 4.60. The summed E-state index contributed by atoms with van der Waals surface area (Å²) in [6.45, 7) is 9.55. The van der Waals surface area contributed by atoms with Crippen LogP contribution in [0.15, 0.2) is 18.3 Å². The van der Waals surface area contributed by atoms with Crippen molar-refractivity contribution in [3.8, 4) is 0 Å². The Morgan fingerprint density at radius 3 is 2.79 bits per heavy atom. The van der Waals surface area contributed by atoms with Gasteiger partial charge in [-0.15, -0.1) is 11.3 Å². The SMILES string of the molecule is CC(NCc1cc2c(ccn2C(=O)O)s1)C(C)(C)C. The molecule has 19 heavy (non-hydrogen) atoms. The van der Waals surface area contributed by atoms with E-state index in [4.69, 9.17) is 5.11 Å². The number of hydrogen-bond acceptors (Lipinski definition) is 3. The molecular formula is C14H20N2O2S. The van der Waals surface area contributed by atoms with Crippen LogP contribution in [0.2, 0.25) is 0 Å². The minimum absolute atomic E-state index is 0.215. The summed E-state index contributed by atoms with van der Waals surface area (Å²) >= 11 is 1.64. The molecule has 0 aliphatic carbocycles. The van der Waals surface area contributed by atoms with Gasteiger partial charge in [0.25, 0.3) is 0 Å². The first kappa shape index (κ1) is 14.1. The van der Waals surface area contributed by atoms with Gasteiger partial charge >= 0.3 is 6.09 Å². The number of rotatable bonds is 3. The molecule has 0 amide bonds. The van der Waals surface area contributed by atoms with Crippen molar-refractivity contribution in [3.05, 3.63) is 23.2 Å². The first-order valence-corrected chi connectivity index (χ1v) is 7.17. The van der Waals surface area contributed by atoms with E-state index in [9.17, 15) is 4.79 Å². The summed E-state index contributed by atoms with van der Waals surface area (Å²) in [5.41, 5.74) is 0.991. The van der Waals surface area contributed by atoms with E-state index in [0.717, 1.165) is 21.6 Å². The van der Waals surface area contributed by atoms with Crippen molar-refractivity contribution in [3.63, 3.8) is 0 Å². The maximum atomic E-state index is 11.0. The van der Waals surface area contributed by atoms with Crippen LogP contribution in [-0.4, -0.2) is 21.8 Å². The predicted molar refractivity (Wildman–Crippen MR) is 79.0 cm³/mol. The van der Waals surface area contributed by atoms with E-state index in [1.165, 1.54) is 4.57 Å². The monoisotopic (exact) mass is 280 g/mol. The zero-order chi connectivity index (χ0) is 14.2. The number of nitrogens with zero attached hydrogens (tertiary/aromatic N) is 1. The maximum absolute atomic E-state index is 11.0. The highest BCUT2D eigenvalue weighted by Gasteiger charge is 2.19. The molecule has 0 spiro atoms. The Morgan fingerprint density at radius 1 is 1.53 bits per heavy atom. The summed E-state index contributed by atoms with van der Waals surface area (Å²) in [4.78, 5) is 12.2. The van der Waals surface area contributed by atoms with Crippen molar-refractivity contribution in [2.75, 3.05) is 0 Å². The summed E-state index contributed by atoms with van der Waals surface area (Å²) in [7, 11) is 0. The molecular weight excluding hydrogens is 260 g/mol. The lowest BCUT2D eigenvalue weighted by Gasteiger charge is -2.28. The lowest BCUT2D eigenvalue weighted by molar-refractivity contribution is 0.197. The number of hydrogen-bond donors (Lipinski definition) is 2. The van der Waals surface area contributed by atoms with Gasteiger partial charge in [0.05, 0.1) is 10.2 Å². The molecule has 0 bridgehead atoms. The second kappa shape index (κ2) is 4.98. The molecule has 1 atom stereocenters. The van der Waals surface area contributed by atoms with Gasteiger partial charge in [-0.05, 0) is 24.5 Å². The predicted octanol–water partition coefficient (Wildman–Crippen LogP) is 3.75. The lowest BCUT2D eigenvalue weighted by atomic mass is 9.88. The molecule has 0 fully saturated rings. The second-order valence-electron chi connectivity index (χ2n) is 5.90. The number of carbonyl (C=O) groups is 1. The average molecular weight is 280 g/mol. The first-order valence-electron chi connectivity index (χ1n) is 6.35. The number of thiophene rings is 1. The van der Waals surface area contributed by atoms with Crippen LogP contribution in [0.1, 0.15) is 32.6 Å². The lowest BCUT2D eigenvalue weighted by Crippen LogP contribution is -2.36. The van der Waals surface area contributed by atoms with Gasteiger partial charge in [-0.3, -0.25) is 4.57 Å². The Labute approximate surface area is 117 Å². The molecule has 0 saturated heterocycles. The van der Waals surface area contributed by atoms with Crippen molar-refractivity contribution < 1.29 is 9.90 Å². The third kappa shape index (κ3) is 2.98. The first-order chi connectivity index (χ1) is 8.79. The summed E-state index contributed by atoms with van der Waals surface area (Å²) < 4.78 is 2.28. The van der Waals surface area contributed by atoms with Gasteiger partial charge in [0.1, 0.15) is 0 Å².